The Kier molecular flexibility index (Phi) is 3.92. The topological polar surface area (TPSA) is 72.6 Å². The molecule has 0 aliphatic rings. The molecule has 0 aliphatic carbocycles. The summed E-state index contributed by atoms with van der Waals surface area (Å²) in [7, 11) is 0. The summed E-state index contributed by atoms with van der Waals surface area (Å²) in [6.07, 6.45) is 0. The van der Waals surface area contributed by atoms with Crippen LogP contribution in [0.3, 0.4) is 0 Å². The molecule has 0 aliphatic heterocycles. The van der Waals surface area contributed by atoms with Crippen molar-refractivity contribution in [2.45, 2.75) is 0 Å². The van der Waals surface area contributed by atoms with E-state index in [-0.39, 0.29) is 24.9 Å². The first-order valence-corrected chi connectivity index (χ1v) is 2.82. The lowest BCUT2D eigenvalue weighted by atomic mass is 10.3. The van der Waals surface area contributed by atoms with Crippen molar-refractivity contribution >= 4 is 24.9 Å². The van der Waals surface area contributed by atoms with Crippen molar-refractivity contribution in [2.24, 2.45) is 5.18 Å². The Morgan fingerprint density at radius 1 is 1.33 bits per heavy atom. The molecule has 0 heterocycles. The Labute approximate surface area is 75.0 Å². The summed E-state index contributed by atoms with van der Waals surface area (Å²) in [5, 5.41) is 12.7. The van der Waals surface area contributed by atoms with E-state index in [0.29, 0.717) is 0 Å². The van der Waals surface area contributed by atoms with Gasteiger partial charge in [0.05, 0.1) is 4.92 Å². The fourth-order valence-corrected chi connectivity index (χ4v) is 0.696. The SMILES string of the molecule is O=Nc1ccccc1[N+](=O)[O-].[S]. The normalized spacial score (nSPS) is 8.33. The summed E-state index contributed by atoms with van der Waals surface area (Å²) in [6.45, 7) is 0. The molecule has 0 aromatic heterocycles. The predicted octanol–water partition coefficient (Wildman–Crippen LogP) is 2.64. The number of hydrogen-bond acceptors (Lipinski definition) is 4. The molecule has 0 unspecified atom stereocenters. The molecule has 5 nitrogen and oxygen atoms in total. The molecule has 12 heavy (non-hydrogen) atoms. The number of nitrogens with zero attached hydrogens (tertiary/aromatic N) is 2. The van der Waals surface area contributed by atoms with Crippen molar-refractivity contribution in [3.05, 3.63) is 39.3 Å². The number of para-hydroxylation sites is 1. The maximum absolute atomic E-state index is 10.2. The summed E-state index contributed by atoms with van der Waals surface area (Å²) in [4.78, 5) is 19.5. The van der Waals surface area contributed by atoms with Crippen molar-refractivity contribution in [3.8, 4) is 0 Å². The van der Waals surface area contributed by atoms with Crippen LogP contribution in [0.25, 0.3) is 0 Å². The Balaban J connectivity index is 0.00000121. The van der Waals surface area contributed by atoms with Gasteiger partial charge in [0, 0.05) is 19.6 Å². The van der Waals surface area contributed by atoms with E-state index in [2.05, 4.69) is 5.18 Å². The highest BCUT2D eigenvalue weighted by Crippen LogP contribution is 2.25. The standard InChI is InChI=1S/C6H4N2O3.S/c9-7-5-3-1-2-4-6(5)8(10)11;/h1-4H;. The molecule has 1 aromatic rings. The molecule has 1 rings (SSSR count). The van der Waals surface area contributed by atoms with Crippen LogP contribution in [-0.2, 0) is 0 Å². The van der Waals surface area contributed by atoms with Gasteiger partial charge in [-0.05, 0) is 11.2 Å². The molecule has 0 spiro atoms. The van der Waals surface area contributed by atoms with E-state index in [1.54, 1.807) is 0 Å². The van der Waals surface area contributed by atoms with Gasteiger partial charge in [-0.15, -0.1) is 4.91 Å². The molecule has 6 heteroatoms. The quantitative estimate of drug-likeness (QED) is 0.403. The third kappa shape index (κ3) is 2.03. The van der Waals surface area contributed by atoms with Crippen molar-refractivity contribution in [1.29, 1.82) is 0 Å². The lowest BCUT2D eigenvalue weighted by Gasteiger charge is -1.90. The van der Waals surface area contributed by atoms with Gasteiger partial charge < -0.3 is 0 Å². The highest BCUT2D eigenvalue weighted by molar-refractivity contribution is 7.59. The minimum Gasteiger partial charge on any atom is -0.258 e. The van der Waals surface area contributed by atoms with Crippen LogP contribution in [0.1, 0.15) is 0 Å². The highest BCUT2D eigenvalue weighted by atomic mass is 32.1. The molecule has 0 saturated heterocycles. The van der Waals surface area contributed by atoms with Crippen molar-refractivity contribution in [3.63, 3.8) is 0 Å². The Morgan fingerprint density at radius 2 is 1.92 bits per heavy atom. The van der Waals surface area contributed by atoms with E-state index in [0.717, 1.165) is 0 Å². The van der Waals surface area contributed by atoms with Gasteiger partial charge in [-0.3, -0.25) is 10.1 Å². The van der Waals surface area contributed by atoms with Crippen molar-refractivity contribution < 1.29 is 4.92 Å². The monoisotopic (exact) mass is 184 g/mol. The van der Waals surface area contributed by atoms with Crippen molar-refractivity contribution in [2.75, 3.05) is 0 Å². The molecule has 0 fully saturated rings. The second kappa shape index (κ2) is 4.45. The van der Waals surface area contributed by atoms with Crippen LogP contribution in [0.15, 0.2) is 29.4 Å². The average Bonchev–Trinajstić information content (AvgIpc) is 2.04. The fourth-order valence-electron chi connectivity index (χ4n) is 0.696. The molecule has 0 N–H and O–H groups in total. The zero-order valence-electron chi connectivity index (χ0n) is 5.84. The third-order valence-electron chi connectivity index (χ3n) is 1.18. The van der Waals surface area contributed by atoms with E-state index < -0.39 is 4.92 Å². The van der Waals surface area contributed by atoms with E-state index >= 15 is 0 Å². The molecule has 0 bridgehead atoms. The maximum atomic E-state index is 10.2. The summed E-state index contributed by atoms with van der Waals surface area (Å²) in [5.74, 6) is 0. The second-order valence-electron chi connectivity index (χ2n) is 1.84. The minimum atomic E-state index is -0.642. The van der Waals surface area contributed by atoms with Crippen LogP contribution in [-0.4, -0.2) is 4.92 Å². The van der Waals surface area contributed by atoms with Crippen LogP contribution in [0.4, 0.5) is 11.4 Å². The molecular formula is C6H4N2O3S. The zero-order valence-corrected chi connectivity index (χ0v) is 6.65. The Hall–Kier alpha value is -1.43. The Bertz CT molecular complexity index is 303. The second-order valence-corrected chi connectivity index (χ2v) is 1.84. The molecule has 0 amide bonds. The Morgan fingerprint density at radius 3 is 2.33 bits per heavy atom. The van der Waals surface area contributed by atoms with Gasteiger partial charge in [0.15, 0.2) is 5.69 Å². The first-order valence-electron chi connectivity index (χ1n) is 2.82. The predicted molar refractivity (Wildman–Crippen MR) is 46.1 cm³/mol. The van der Waals surface area contributed by atoms with Gasteiger partial charge in [-0.1, -0.05) is 12.1 Å². The summed E-state index contributed by atoms with van der Waals surface area (Å²) in [6, 6.07) is 5.53. The largest absolute Gasteiger partial charge is 0.298 e. The van der Waals surface area contributed by atoms with Crippen LogP contribution in [0.5, 0.6) is 0 Å². The number of nitro benzene ring substituents is 1. The van der Waals surface area contributed by atoms with Gasteiger partial charge in [-0.2, -0.15) is 0 Å². The summed E-state index contributed by atoms with van der Waals surface area (Å²) < 4.78 is 0. The molecule has 2 radical (unpaired) electrons. The van der Waals surface area contributed by atoms with E-state index in [9.17, 15) is 15.0 Å². The lowest BCUT2D eigenvalue weighted by Crippen LogP contribution is -1.86. The smallest absolute Gasteiger partial charge is 0.258 e. The number of nitro groups is 1. The number of hydrogen-bond donors (Lipinski definition) is 0. The van der Waals surface area contributed by atoms with Crippen LogP contribution < -0.4 is 0 Å². The summed E-state index contributed by atoms with van der Waals surface area (Å²) >= 11 is 0. The van der Waals surface area contributed by atoms with Crippen LogP contribution >= 0.6 is 13.5 Å². The third-order valence-corrected chi connectivity index (χ3v) is 1.18. The average molecular weight is 184 g/mol. The summed E-state index contributed by atoms with van der Waals surface area (Å²) in [5.41, 5.74) is -0.403. The highest BCUT2D eigenvalue weighted by Gasteiger charge is 2.11. The van der Waals surface area contributed by atoms with Crippen molar-refractivity contribution in [1.82, 2.24) is 0 Å². The fraction of sp³-hybridized carbons (Fsp3) is 0. The van der Waals surface area contributed by atoms with Crippen LogP contribution in [0.2, 0.25) is 0 Å². The van der Waals surface area contributed by atoms with Gasteiger partial charge in [0.1, 0.15) is 0 Å². The molecule has 62 valence electrons. The molecule has 0 atom stereocenters. The van der Waals surface area contributed by atoms with Gasteiger partial charge in [-0.25, -0.2) is 0 Å². The van der Waals surface area contributed by atoms with Gasteiger partial charge in [0.25, 0.3) is 5.69 Å². The minimum absolute atomic E-state index is 0. The first-order chi connectivity index (χ1) is 5.25. The maximum Gasteiger partial charge on any atom is 0.298 e. The molecule has 0 saturated carbocycles. The van der Waals surface area contributed by atoms with Gasteiger partial charge in [0.2, 0.25) is 0 Å². The number of benzene rings is 1. The van der Waals surface area contributed by atoms with E-state index in [1.807, 2.05) is 0 Å². The van der Waals surface area contributed by atoms with E-state index in [1.165, 1.54) is 24.3 Å². The van der Waals surface area contributed by atoms with Gasteiger partial charge >= 0.3 is 0 Å². The van der Waals surface area contributed by atoms with Crippen LogP contribution in [0, 0.1) is 15.0 Å². The lowest BCUT2D eigenvalue weighted by molar-refractivity contribution is -0.384. The number of nitroso groups, excluding NO2 is 1. The first kappa shape index (κ1) is 10.6. The van der Waals surface area contributed by atoms with E-state index in [4.69, 9.17) is 0 Å². The number of rotatable bonds is 2. The molecule has 1 aromatic carbocycles. The zero-order chi connectivity index (χ0) is 8.27. The molecular weight excluding hydrogens is 180 g/mol.